The lowest BCUT2D eigenvalue weighted by molar-refractivity contribution is 0.0680. The Labute approximate surface area is 97.0 Å². The zero-order chi connectivity index (χ0) is 11.7. The van der Waals surface area contributed by atoms with Gasteiger partial charge in [0.15, 0.2) is 5.69 Å². The van der Waals surface area contributed by atoms with Gasteiger partial charge >= 0.3 is 5.97 Å². The summed E-state index contributed by atoms with van der Waals surface area (Å²) in [5.41, 5.74) is 0.485. The van der Waals surface area contributed by atoms with Crippen LogP contribution in [0.5, 0.6) is 0 Å². The Morgan fingerprint density at radius 2 is 2.44 bits per heavy atom. The van der Waals surface area contributed by atoms with Crippen LogP contribution in [0.2, 0.25) is 0 Å². The summed E-state index contributed by atoms with van der Waals surface area (Å²) in [5.74, 6) is -1.04. The van der Waals surface area contributed by atoms with E-state index in [0.29, 0.717) is 17.1 Å². The fourth-order valence-corrected chi connectivity index (χ4v) is 1.91. The van der Waals surface area contributed by atoms with Crippen LogP contribution in [0.15, 0.2) is 23.3 Å². The number of carboxylic acids is 1. The molecule has 1 aliphatic rings. The fraction of sp³-hybridized carbons (Fsp3) is 0.300. The highest BCUT2D eigenvalue weighted by molar-refractivity contribution is 6.30. The average Bonchev–Trinajstić information content (AvgIpc) is 2.61. The quantitative estimate of drug-likeness (QED) is 0.856. The van der Waals surface area contributed by atoms with Crippen molar-refractivity contribution >= 4 is 17.6 Å². The van der Waals surface area contributed by atoms with Crippen LogP contribution in [0.1, 0.15) is 28.6 Å². The van der Waals surface area contributed by atoms with E-state index in [1.165, 1.54) is 4.68 Å². The standard InChI is InChI=1S/C10H10ClN3O2/c1-6-9(10(15)16)14(13-12-6)8-5-3-2-4-7(8)11/h2-4,8H,5H2,1H3,(H,15,16). The summed E-state index contributed by atoms with van der Waals surface area (Å²) in [4.78, 5) is 11.1. The number of halogens is 1. The number of aryl methyl sites for hydroxylation is 1. The monoisotopic (exact) mass is 239 g/mol. The zero-order valence-electron chi connectivity index (χ0n) is 8.59. The smallest absolute Gasteiger partial charge is 0.356 e. The molecule has 84 valence electrons. The van der Waals surface area contributed by atoms with E-state index in [1.807, 2.05) is 12.2 Å². The minimum Gasteiger partial charge on any atom is -0.476 e. The number of carbonyl (C=O) groups is 1. The van der Waals surface area contributed by atoms with E-state index in [4.69, 9.17) is 16.7 Å². The third-order valence-electron chi connectivity index (χ3n) is 2.43. The Balaban J connectivity index is 2.45. The van der Waals surface area contributed by atoms with Gasteiger partial charge in [-0.05, 0) is 19.4 Å². The molecular weight excluding hydrogens is 230 g/mol. The topological polar surface area (TPSA) is 68.0 Å². The van der Waals surface area contributed by atoms with Crippen molar-refractivity contribution < 1.29 is 9.90 Å². The van der Waals surface area contributed by atoms with E-state index >= 15 is 0 Å². The van der Waals surface area contributed by atoms with Crippen molar-refractivity contribution in [3.63, 3.8) is 0 Å². The molecule has 0 aromatic carbocycles. The van der Waals surface area contributed by atoms with Gasteiger partial charge in [0.25, 0.3) is 0 Å². The van der Waals surface area contributed by atoms with Crippen molar-refractivity contribution in [2.24, 2.45) is 0 Å². The van der Waals surface area contributed by atoms with Crippen LogP contribution in [-0.2, 0) is 0 Å². The number of carboxylic acid groups (broad SMARTS) is 1. The van der Waals surface area contributed by atoms with E-state index in [1.54, 1.807) is 13.0 Å². The normalized spacial score (nSPS) is 19.6. The lowest BCUT2D eigenvalue weighted by Crippen LogP contribution is -2.18. The number of hydrogen-bond acceptors (Lipinski definition) is 3. The molecular formula is C10H10ClN3O2. The molecule has 1 aromatic heterocycles. The van der Waals surface area contributed by atoms with Gasteiger partial charge in [-0.2, -0.15) is 0 Å². The van der Waals surface area contributed by atoms with Gasteiger partial charge in [0.1, 0.15) is 0 Å². The third kappa shape index (κ3) is 1.74. The molecule has 0 aliphatic heterocycles. The number of nitrogens with zero attached hydrogens (tertiary/aromatic N) is 3. The van der Waals surface area contributed by atoms with Crippen molar-refractivity contribution in [1.82, 2.24) is 15.0 Å². The van der Waals surface area contributed by atoms with E-state index in [9.17, 15) is 4.79 Å². The van der Waals surface area contributed by atoms with E-state index < -0.39 is 5.97 Å². The minimum atomic E-state index is -1.04. The van der Waals surface area contributed by atoms with Crippen molar-refractivity contribution in [2.45, 2.75) is 19.4 Å². The van der Waals surface area contributed by atoms with Crippen LogP contribution < -0.4 is 0 Å². The van der Waals surface area contributed by atoms with Crippen LogP contribution in [-0.4, -0.2) is 26.1 Å². The second-order valence-corrected chi connectivity index (χ2v) is 3.94. The molecule has 2 rings (SSSR count). The van der Waals surface area contributed by atoms with Gasteiger partial charge in [0.2, 0.25) is 0 Å². The van der Waals surface area contributed by atoms with Gasteiger partial charge in [-0.25, -0.2) is 9.48 Å². The molecule has 1 atom stereocenters. The first-order valence-electron chi connectivity index (χ1n) is 4.78. The molecule has 0 saturated heterocycles. The van der Waals surface area contributed by atoms with Crippen LogP contribution in [0.3, 0.4) is 0 Å². The molecule has 1 aliphatic carbocycles. The highest BCUT2D eigenvalue weighted by atomic mass is 35.5. The summed E-state index contributed by atoms with van der Waals surface area (Å²) < 4.78 is 1.36. The second kappa shape index (κ2) is 4.09. The lowest BCUT2D eigenvalue weighted by Gasteiger charge is -2.18. The Morgan fingerprint density at radius 1 is 1.69 bits per heavy atom. The van der Waals surface area contributed by atoms with Crippen LogP contribution in [0.4, 0.5) is 0 Å². The highest BCUT2D eigenvalue weighted by Gasteiger charge is 2.25. The van der Waals surface area contributed by atoms with Crippen molar-refractivity contribution in [2.75, 3.05) is 0 Å². The first kappa shape index (κ1) is 10.9. The summed E-state index contributed by atoms with van der Waals surface area (Å²) in [6.45, 7) is 1.61. The van der Waals surface area contributed by atoms with Crippen molar-refractivity contribution in [1.29, 1.82) is 0 Å². The van der Waals surface area contributed by atoms with Gasteiger partial charge in [0, 0.05) is 5.03 Å². The van der Waals surface area contributed by atoms with Crippen molar-refractivity contribution in [3.05, 3.63) is 34.6 Å². The molecule has 6 heteroatoms. The maximum absolute atomic E-state index is 11.1. The largest absolute Gasteiger partial charge is 0.476 e. The number of aromatic carboxylic acids is 1. The number of rotatable bonds is 2. The van der Waals surface area contributed by atoms with Crippen molar-refractivity contribution in [3.8, 4) is 0 Å². The summed E-state index contributed by atoms with van der Waals surface area (Å²) in [5, 5.41) is 17.2. The van der Waals surface area contributed by atoms with Gasteiger partial charge in [-0.15, -0.1) is 5.10 Å². The maximum Gasteiger partial charge on any atom is 0.356 e. The summed E-state index contributed by atoms with van der Waals surface area (Å²) in [6.07, 6.45) is 6.11. The Morgan fingerprint density at radius 3 is 3.06 bits per heavy atom. The SMILES string of the molecule is Cc1nnn(C2CC=CC=C2Cl)c1C(=O)O. The molecule has 1 aromatic rings. The van der Waals surface area contributed by atoms with Crippen LogP contribution in [0, 0.1) is 6.92 Å². The average molecular weight is 240 g/mol. The van der Waals surface area contributed by atoms with Crippen LogP contribution >= 0.6 is 11.6 Å². The van der Waals surface area contributed by atoms with E-state index in [0.717, 1.165) is 0 Å². The third-order valence-corrected chi connectivity index (χ3v) is 2.81. The number of allylic oxidation sites excluding steroid dienone is 4. The lowest BCUT2D eigenvalue weighted by atomic mass is 10.1. The summed E-state index contributed by atoms with van der Waals surface area (Å²) in [7, 11) is 0. The molecule has 5 nitrogen and oxygen atoms in total. The minimum absolute atomic E-state index is 0.0897. The second-order valence-electron chi connectivity index (χ2n) is 3.50. The molecule has 0 fully saturated rings. The molecule has 1 heterocycles. The first-order chi connectivity index (χ1) is 7.61. The highest BCUT2D eigenvalue weighted by Crippen LogP contribution is 2.29. The molecule has 1 N–H and O–H groups in total. The Hall–Kier alpha value is -1.62. The molecule has 0 saturated carbocycles. The fourth-order valence-electron chi connectivity index (χ4n) is 1.65. The predicted octanol–water partition coefficient (Wildman–Crippen LogP) is 1.91. The van der Waals surface area contributed by atoms with Gasteiger partial charge in [0.05, 0.1) is 11.7 Å². The Kier molecular flexibility index (Phi) is 2.78. The molecule has 0 bridgehead atoms. The summed E-state index contributed by atoms with van der Waals surface area (Å²) >= 11 is 6.03. The van der Waals surface area contributed by atoms with Gasteiger partial charge < -0.3 is 5.11 Å². The predicted molar refractivity (Wildman–Crippen MR) is 58.4 cm³/mol. The molecule has 0 spiro atoms. The number of hydrogen-bond donors (Lipinski definition) is 1. The van der Waals surface area contributed by atoms with Crippen LogP contribution in [0.25, 0.3) is 0 Å². The zero-order valence-corrected chi connectivity index (χ0v) is 9.35. The van der Waals surface area contributed by atoms with Gasteiger partial charge in [-0.3, -0.25) is 0 Å². The van der Waals surface area contributed by atoms with E-state index in [-0.39, 0.29) is 11.7 Å². The first-order valence-corrected chi connectivity index (χ1v) is 5.16. The molecule has 0 amide bonds. The molecule has 0 radical (unpaired) electrons. The molecule has 16 heavy (non-hydrogen) atoms. The van der Waals surface area contributed by atoms with Gasteiger partial charge in [-0.1, -0.05) is 29.0 Å². The number of aromatic nitrogens is 3. The Bertz CT molecular complexity index is 490. The van der Waals surface area contributed by atoms with E-state index in [2.05, 4.69) is 10.3 Å². The maximum atomic E-state index is 11.1. The molecule has 1 unspecified atom stereocenters. The summed E-state index contributed by atoms with van der Waals surface area (Å²) in [6, 6.07) is -0.265.